The van der Waals surface area contributed by atoms with Crippen molar-refractivity contribution in [3.05, 3.63) is 29.8 Å². The Balaban J connectivity index is 0.000000882. The average molecular weight is 358 g/mol. The Morgan fingerprint density at radius 3 is 2.64 bits per heavy atom. The summed E-state index contributed by atoms with van der Waals surface area (Å²) in [6.45, 7) is 4.02. The molecule has 0 unspecified atom stereocenters. The van der Waals surface area contributed by atoms with Gasteiger partial charge in [-0.15, -0.1) is 36.2 Å². The molecule has 2 aromatic heterocycles. The van der Waals surface area contributed by atoms with Crippen molar-refractivity contribution in [2.45, 2.75) is 0 Å². The van der Waals surface area contributed by atoms with Gasteiger partial charge in [-0.25, -0.2) is 9.97 Å². The van der Waals surface area contributed by atoms with E-state index in [0.29, 0.717) is 0 Å². The summed E-state index contributed by atoms with van der Waals surface area (Å²) >= 11 is 1.64. The highest BCUT2D eigenvalue weighted by Crippen LogP contribution is 2.33. The molecule has 118 valence electrons. The van der Waals surface area contributed by atoms with E-state index in [1.807, 2.05) is 23.7 Å². The van der Waals surface area contributed by atoms with Gasteiger partial charge in [0, 0.05) is 26.2 Å². The summed E-state index contributed by atoms with van der Waals surface area (Å²) in [7, 11) is 0. The predicted molar refractivity (Wildman–Crippen MR) is 96.8 cm³/mol. The number of H-pyrrole nitrogens is 1. The first kappa shape index (κ1) is 17.0. The number of rotatable bonds is 2. The number of hydrogen-bond donors (Lipinski definition) is 2. The number of aromatic amines is 1. The zero-order valence-corrected chi connectivity index (χ0v) is 14.2. The van der Waals surface area contributed by atoms with Crippen molar-refractivity contribution in [3.63, 3.8) is 0 Å². The number of benzene rings is 1. The van der Waals surface area contributed by atoms with E-state index in [2.05, 4.69) is 31.2 Å². The fourth-order valence-electron chi connectivity index (χ4n) is 2.56. The summed E-state index contributed by atoms with van der Waals surface area (Å²) < 4.78 is 0. The number of aromatic nitrogens is 3. The minimum absolute atomic E-state index is 0. The van der Waals surface area contributed by atoms with E-state index in [1.165, 1.54) is 0 Å². The van der Waals surface area contributed by atoms with Crippen LogP contribution in [0.25, 0.3) is 21.7 Å². The van der Waals surface area contributed by atoms with Gasteiger partial charge < -0.3 is 15.2 Å². The lowest BCUT2D eigenvalue weighted by Crippen LogP contribution is -2.43. The minimum atomic E-state index is 0. The molecule has 2 N–H and O–H groups in total. The first-order valence-electron chi connectivity index (χ1n) is 6.76. The lowest BCUT2D eigenvalue weighted by Gasteiger charge is -2.28. The molecule has 0 amide bonds. The molecular formula is C14H17Cl2N5S. The van der Waals surface area contributed by atoms with Crippen molar-refractivity contribution >= 4 is 53.0 Å². The Bertz CT molecular complexity index is 703. The van der Waals surface area contributed by atoms with Crippen molar-refractivity contribution < 1.29 is 0 Å². The number of thiazole rings is 1. The molecule has 0 atom stereocenters. The summed E-state index contributed by atoms with van der Waals surface area (Å²) in [5.41, 5.74) is 3.98. The maximum Gasteiger partial charge on any atom is 0.152 e. The maximum atomic E-state index is 4.68. The molecule has 1 aromatic carbocycles. The Kier molecular flexibility index (Phi) is 5.63. The molecule has 22 heavy (non-hydrogen) atoms. The van der Waals surface area contributed by atoms with Crippen LogP contribution in [0.15, 0.2) is 29.8 Å². The third kappa shape index (κ3) is 3.05. The molecule has 0 aliphatic carbocycles. The van der Waals surface area contributed by atoms with Gasteiger partial charge in [0.2, 0.25) is 0 Å². The van der Waals surface area contributed by atoms with Crippen molar-refractivity contribution in [1.82, 2.24) is 20.3 Å². The molecule has 1 saturated heterocycles. The van der Waals surface area contributed by atoms with E-state index < -0.39 is 0 Å². The Labute approximate surface area is 145 Å². The number of halogens is 2. The molecule has 0 bridgehead atoms. The number of imidazole rings is 1. The number of para-hydroxylation sites is 2. The van der Waals surface area contributed by atoms with Crippen LogP contribution < -0.4 is 10.2 Å². The van der Waals surface area contributed by atoms with Crippen LogP contribution in [0.1, 0.15) is 0 Å². The monoisotopic (exact) mass is 357 g/mol. The van der Waals surface area contributed by atoms with Crippen molar-refractivity contribution in [2.75, 3.05) is 31.1 Å². The summed E-state index contributed by atoms with van der Waals surface area (Å²) in [6, 6.07) is 8.11. The van der Waals surface area contributed by atoms with Gasteiger partial charge in [0.25, 0.3) is 0 Å². The standard InChI is InChI=1S/C14H15N5S.2ClH/c1-2-4-11-10(3-1)17-13(18-11)12-14(16-9-20-12)19-7-5-15-6-8-19;;/h1-4,9,15H,5-8H2,(H,17,18);2*1H. The Morgan fingerprint density at radius 1 is 1.09 bits per heavy atom. The van der Waals surface area contributed by atoms with Gasteiger partial charge in [0.15, 0.2) is 11.6 Å². The van der Waals surface area contributed by atoms with Crippen molar-refractivity contribution in [1.29, 1.82) is 0 Å². The van der Waals surface area contributed by atoms with E-state index in [0.717, 1.165) is 53.7 Å². The molecule has 0 radical (unpaired) electrons. The zero-order chi connectivity index (χ0) is 13.4. The van der Waals surface area contributed by atoms with E-state index in [4.69, 9.17) is 0 Å². The fourth-order valence-corrected chi connectivity index (χ4v) is 3.32. The van der Waals surface area contributed by atoms with Crippen LogP contribution in [0.4, 0.5) is 5.82 Å². The lowest BCUT2D eigenvalue weighted by atomic mass is 10.3. The quantitative estimate of drug-likeness (QED) is 0.740. The van der Waals surface area contributed by atoms with E-state index >= 15 is 0 Å². The smallest absolute Gasteiger partial charge is 0.152 e. The van der Waals surface area contributed by atoms with Crippen LogP contribution in [0.5, 0.6) is 0 Å². The maximum absolute atomic E-state index is 4.68. The highest BCUT2D eigenvalue weighted by molar-refractivity contribution is 7.13. The predicted octanol–water partition coefficient (Wildman–Crippen LogP) is 2.94. The molecular weight excluding hydrogens is 341 g/mol. The topological polar surface area (TPSA) is 56.8 Å². The van der Waals surface area contributed by atoms with Gasteiger partial charge in [0.05, 0.1) is 16.5 Å². The first-order chi connectivity index (χ1) is 9.92. The number of nitrogens with zero attached hydrogens (tertiary/aromatic N) is 3. The molecule has 0 spiro atoms. The van der Waals surface area contributed by atoms with Crippen LogP contribution in [-0.2, 0) is 0 Å². The van der Waals surface area contributed by atoms with Gasteiger partial charge in [-0.1, -0.05) is 12.1 Å². The largest absolute Gasteiger partial charge is 0.353 e. The fraction of sp³-hybridized carbons (Fsp3) is 0.286. The second-order valence-corrected chi connectivity index (χ2v) is 5.70. The molecule has 1 fully saturated rings. The normalized spacial score (nSPS) is 14.5. The van der Waals surface area contributed by atoms with Gasteiger partial charge in [-0.3, -0.25) is 0 Å². The van der Waals surface area contributed by atoms with Gasteiger partial charge >= 0.3 is 0 Å². The zero-order valence-electron chi connectivity index (χ0n) is 11.8. The summed E-state index contributed by atoms with van der Waals surface area (Å²) in [5, 5.41) is 3.37. The second-order valence-electron chi connectivity index (χ2n) is 4.84. The highest BCUT2D eigenvalue weighted by Gasteiger charge is 2.19. The Hall–Kier alpha value is -1.34. The second kappa shape index (κ2) is 7.28. The molecule has 3 aromatic rings. The number of piperazine rings is 1. The van der Waals surface area contributed by atoms with Crippen LogP contribution in [0, 0.1) is 0 Å². The lowest BCUT2D eigenvalue weighted by molar-refractivity contribution is 0.586. The summed E-state index contributed by atoms with van der Waals surface area (Å²) in [5.74, 6) is 1.97. The minimum Gasteiger partial charge on any atom is -0.353 e. The number of fused-ring (bicyclic) bond motifs is 1. The van der Waals surface area contributed by atoms with Gasteiger partial charge in [-0.05, 0) is 12.1 Å². The third-order valence-electron chi connectivity index (χ3n) is 3.57. The first-order valence-corrected chi connectivity index (χ1v) is 7.64. The molecule has 8 heteroatoms. The van der Waals surface area contributed by atoms with Crippen molar-refractivity contribution in [2.24, 2.45) is 0 Å². The average Bonchev–Trinajstić information content (AvgIpc) is 3.14. The number of hydrogen-bond acceptors (Lipinski definition) is 5. The Morgan fingerprint density at radius 2 is 1.86 bits per heavy atom. The van der Waals surface area contributed by atoms with Crippen LogP contribution in [-0.4, -0.2) is 41.1 Å². The molecule has 1 aliphatic heterocycles. The van der Waals surface area contributed by atoms with Crippen LogP contribution in [0.3, 0.4) is 0 Å². The summed E-state index contributed by atoms with van der Waals surface area (Å²) in [4.78, 5) is 16.1. The molecule has 5 nitrogen and oxygen atoms in total. The van der Waals surface area contributed by atoms with Crippen LogP contribution in [0.2, 0.25) is 0 Å². The molecule has 3 heterocycles. The van der Waals surface area contributed by atoms with E-state index in [9.17, 15) is 0 Å². The third-order valence-corrected chi connectivity index (χ3v) is 4.39. The SMILES string of the molecule is Cl.Cl.c1ccc2[nH]c(-c3scnc3N3CCNCC3)nc2c1. The molecule has 4 rings (SSSR count). The highest BCUT2D eigenvalue weighted by atomic mass is 35.5. The van der Waals surface area contributed by atoms with Crippen LogP contribution >= 0.6 is 36.2 Å². The van der Waals surface area contributed by atoms with Crippen molar-refractivity contribution in [3.8, 4) is 10.7 Å². The van der Waals surface area contributed by atoms with Gasteiger partial charge in [-0.2, -0.15) is 0 Å². The van der Waals surface area contributed by atoms with Gasteiger partial charge in [0.1, 0.15) is 4.88 Å². The molecule has 0 saturated carbocycles. The summed E-state index contributed by atoms with van der Waals surface area (Å²) in [6.07, 6.45) is 0. The number of nitrogens with one attached hydrogen (secondary N) is 2. The number of anilines is 1. The molecule has 1 aliphatic rings. The van der Waals surface area contributed by atoms with E-state index in [-0.39, 0.29) is 24.8 Å². The van der Waals surface area contributed by atoms with E-state index in [1.54, 1.807) is 11.3 Å².